The molecule has 0 spiro atoms. The molecule has 1 aliphatic rings. The summed E-state index contributed by atoms with van der Waals surface area (Å²) < 4.78 is 5.84. The summed E-state index contributed by atoms with van der Waals surface area (Å²) in [4.78, 5) is 26.0. The molecule has 3 aromatic rings. The van der Waals surface area contributed by atoms with Crippen LogP contribution in [0.25, 0.3) is 0 Å². The van der Waals surface area contributed by atoms with Gasteiger partial charge in [0, 0.05) is 32.4 Å². The maximum Gasteiger partial charge on any atom is 0.257 e. The van der Waals surface area contributed by atoms with Crippen molar-refractivity contribution in [2.24, 2.45) is 0 Å². The molecule has 0 aliphatic heterocycles. The van der Waals surface area contributed by atoms with Gasteiger partial charge in [-0.15, -0.1) is 0 Å². The number of nitrogens with zero attached hydrogens (tertiary/aromatic N) is 5. The van der Waals surface area contributed by atoms with Gasteiger partial charge in [0.05, 0.1) is 17.4 Å². The van der Waals surface area contributed by atoms with Gasteiger partial charge in [0.25, 0.3) is 5.91 Å². The second-order valence-corrected chi connectivity index (χ2v) is 8.58. The van der Waals surface area contributed by atoms with Gasteiger partial charge in [0.1, 0.15) is 11.3 Å². The van der Waals surface area contributed by atoms with Crippen molar-refractivity contribution in [3.63, 3.8) is 0 Å². The normalized spacial score (nSPS) is 18.1. The van der Waals surface area contributed by atoms with E-state index in [2.05, 4.69) is 25.3 Å². The topological polar surface area (TPSA) is 83.5 Å². The Morgan fingerprint density at radius 2 is 1.70 bits per heavy atom. The number of halogens is 1. The molecule has 1 aliphatic carbocycles. The van der Waals surface area contributed by atoms with Gasteiger partial charge < -0.3 is 10.1 Å². The van der Waals surface area contributed by atoms with Gasteiger partial charge >= 0.3 is 0 Å². The van der Waals surface area contributed by atoms with Crippen LogP contribution in [0.15, 0.2) is 61.1 Å². The molecular formula is C24H27ClN6O2. The SMILES string of the molecule is CN(C)N(c1ncc(Cl)cn1)C1CCC(NC(=O)c2cccnc2Oc2ccccc2)CC1. The number of anilines is 1. The van der Waals surface area contributed by atoms with Crippen molar-refractivity contribution in [1.29, 1.82) is 0 Å². The van der Waals surface area contributed by atoms with Crippen LogP contribution in [0.4, 0.5) is 5.95 Å². The average Bonchev–Trinajstić information content (AvgIpc) is 2.82. The predicted molar refractivity (Wildman–Crippen MR) is 127 cm³/mol. The molecule has 9 heteroatoms. The minimum atomic E-state index is -0.178. The quantitative estimate of drug-likeness (QED) is 0.518. The molecule has 2 aromatic heterocycles. The second kappa shape index (κ2) is 10.6. The number of carbonyl (C=O) groups is 1. The highest BCUT2D eigenvalue weighted by Crippen LogP contribution is 2.28. The number of hydrazine groups is 1. The molecule has 1 fully saturated rings. The molecule has 4 rings (SSSR count). The molecule has 1 saturated carbocycles. The molecule has 1 N–H and O–H groups in total. The molecule has 1 amide bonds. The van der Waals surface area contributed by atoms with Crippen molar-refractivity contribution in [2.45, 2.75) is 37.8 Å². The lowest BCUT2D eigenvalue weighted by molar-refractivity contribution is 0.0920. The van der Waals surface area contributed by atoms with Gasteiger partial charge in [-0.3, -0.25) is 9.80 Å². The maximum absolute atomic E-state index is 13.0. The van der Waals surface area contributed by atoms with Gasteiger partial charge in [-0.2, -0.15) is 0 Å². The molecular weight excluding hydrogens is 440 g/mol. The third-order valence-corrected chi connectivity index (χ3v) is 5.79. The Kier molecular flexibility index (Phi) is 7.36. The first-order valence-corrected chi connectivity index (χ1v) is 11.3. The van der Waals surface area contributed by atoms with Gasteiger partial charge in [-0.25, -0.2) is 20.0 Å². The molecule has 172 valence electrons. The number of benzene rings is 1. The van der Waals surface area contributed by atoms with Crippen molar-refractivity contribution in [3.8, 4) is 11.6 Å². The highest BCUT2D eigenvalue weighted by atomic mass is 35.5. The highest BCUT2D eigenvalue weighted by Gasteiger charge is 2.30. The van der Waals surface area contributed by atoms with E-state index in [1.54, 1.807) is 30.7 Å². The Balaban J connectivity index is 1.38. The van der Waals surface area contributed by atoms with Gasteiger partial charge in [0.2, 0.25) is 11.8 Å². The Morgan fingerprint density at radius 3 is 2.36 bits per heavy atom. The van der Waals surface area contributed by atoms with Gasteiger partial charge in [-0.1, -0.05) is 29.8 Å². The Bertz CT molecular complexity index is 1060. The fourth-order valence-corrected chi connectivity index (χ4v) is 4.16. The number of pyridine rings is 1. The number of hydrogen-bond acceptors (Lipinski definition) is 7. The van der Waals surface area contributed by atoms with E-state index in [1.165, 1.54) is 0 Å². The number of aromatic nitrogens is 3. The zero-order valence-corrected chi connectivity index (χ0v) is 19.4. The van der Waals surface area contributed by atoms with Crippen LogP contribution >= 0.6 is 11.6 Å². The standard InChI is InChI=1S/C24H27ClN6O2/c1-30(2)31(24-27-15-17(25)16-28-24)19-12-10-18(11-13-19)29-22(32)21-9-6-14-26-23(21)33-20-7-4-3-5-8-20/h3-9,14-16,18-19H,10-13H2,1-2H3,(H,29,32). The number of para-hydroxylation sites is 1. The molecule has 0 atom stereocenters. The van der Waals surface area contributed by atoms with Crippen molar-refractivity contribution in [1.82, 2.24) is 25.3 Å². The fraction of sp³-hybridized carbons (Fsp3) is 0.333. The third-order valence-electron chi connectivity index (χ3n) is 5.59. The molecule has 0 unspecified atom stereocenters. The second-order valence-electron chi connectivity index (χ2n) is 8.14. The van der Waals surface area contributed by atoms with E-state index in [0.717, 1.165) is 25.7 Å². The monoisotopic (exact) mass is 466 g/mol. The first kappa shape index (κ1) is 22.9. The van der Waals surface area contributed by atoms with Crippen LogP contribution in [0.3, 0.4) is 0 Å². The minimum Gasteiger partial charge on any atom is -0.438 e. The smallest absolute Gasteiger partial charge is 0.257 e. The zero-order chi connectivity index (χ0) is 23.2. The lowest BCUT2D eigenvalue weighted by atomic mass is 9.90. The summed E-state index contributed by atoms with van der Waals surface area (Å²) in [6, 6.07) is 13.1. The number of rotatable bonds is 7. The fourth-order valence-electron chi connectivity index (χ4n) is 4.07. The van der Waals surface area contributed by atoms with E-state index in [-0.39, 0.29) is 18.0 Å². The van der Waals surface area contributed by atoms with Crippen LogP contribution in [0.5, 0.6) is 11.6 Å². The van der Waals surface area contributed by atoms with Crippen LogP contribution in [0.1, 0.15) is 36.0 Å². The molecule has 2 heterocycles. The van der Waals surface area contributed by atoms with E-state index < -0.39 is 0 Å². The Hall–Kier alpha value is -3.23. The summed E-state index contributed by atoms with van der Waals surface area (Å²) in [5.41, 5.74) is 0.424. The maximum atomic E-state index is 13.0. The van der Waals surface area contributed by atoms with Crippen LogP contribution in [-0.2, 0) is 0 Å². The first-order valence-electron chi connectivity index (χ1n) is 10.9. The largest absolute Gasteiger partial charge is 0.438 e. The molecule has 0 bridgehead atoms. The van der Waals surface area contributed by atoms with Crippen LogP contribution in [0, 0.1) is 0 Å². The lowest BCUT2D eigenvalue weighted by Crippen LogP contribution is -2.50. The summed E-state index contributed by atoms with van der Waals surface area (Å²) in [7, 11) is 3.95. The molecule has 1 aromatic carbocycles. The van der Waals surface area contributed by atoms with Crippen molar-refractivity contribution < 1.29 is 9.53 Å². The molecule has 33 heavy (non-hydrogen) atoms. The predicted octanol–water partition coefficient (Wildman–Crippen LogP) is 4.34. The zero-order valence-electron chi connectivity index (χ0n) is 18.7. The summed E-state index contributed by atoms with van der Waals surface area (Å²) in [6.45, 7) is 0. The van der Waals surface area contributed by atoms with Gasteiger partial charge in [0.15, 0.2) is 0 Å². The number of nitrogens with one attached hydrogen (secondary N) is 1. The van der Waals surface area contributed by atoms with E-state index in [9.17, 15) is 4.79 Å². The van der Waals surface area contributed by atoms with Crippen molar-refractivity contribution in [3.05, 3.63) is 71.6 Å². The highest BCUT2D eigenvalue weighted by molar-refractivity contribution is 6.30. The summed E-state index contributed by atoms with van der Waals surface area (Å²) in [5.74, 6) is 1.38. The number of hydrogen-bond donors (Lipinski definition) is 1. The van der Waals surface area contributed by atoms with Crippen LogP contribution in [-0.4, -0.2) is 52.0 Å². The van der Waals surface area contributed by atoms with E-state index in [0.29, 0.717) is 28.2 Å². The minimum absolute atomic E-state index is 0.0775. The molecule has 0 saturated heterocycles. The number of amides is 1. The molecule has 8 nitrogen and oxygen atoms in total. The number of carbonyl (C=O) groups excluding carboxylic acids is 1. The number of ether oxygens (including phenoxy) is 1. The summed E-state index contributed by atoms with van der Waals surface area (Å²) in [5, 5.41) is 7.75. The van der Waals surface area contributed by atoms with Crippen LogP contribution < -0.4 is 15.1 Å². The summed E-state index contributed by atoms with van der Waals surface area (Å²) >= 11 is 5.95. The average molecular weight is 467 g/mol. The van der Waals surface area contributed by atoms with E-state index in [1.807, 2.05) is 49.4 Å². The lowest BCUT2D eigenvalue weighted by Gasteiger charge is -2.40. The first-order chi connectivity index (χ1) is 16.0. The van der Waals surface area contributed by atoms with Crippen LogP contribution in [0.2, 0.25) is 5.02 Å². The van der Waals surface area contributed by atoms with E-state index >= 15 is 0 Å². The Morgan fingerprint density at radius 1 is 1.00 bits per heavy atom. The van der Waals surface area contributed by atoms with Gasteiger partial charge in [-0.05, 0) is 49.9 Å². The molecule has 0 radical (unpaired) electrons. The third kappa shape index (κ3) is 5.77. The van der Waals surface area contributed by atoms with E-state index in [4.69, 9.17) is 16.3 Å². The van der Waals surface area contributed by atoms with Crippen molar-refractivity contribution >= 4 is 23.5 Å². The Labute approximate surface area is 198 Å². The van der Waals surface area contributed by atoms with Crippen molar-refractivity contribution in [2.75, 3.05) is 19.1 Å². The summed E-state index contributed by atoms with van der Waals surface area (Å²) in [6.07, 6.45) is 8.33.